The molecule has 0 amide bonds. The van der Waals surface area contributed by atoms with Crippen LogP contribution >= 0.6 is 11.3 Å². The molecule has 0 radical (unpaired) electrons. The Labute approximate surface area is 127 Å². The molecular formula is C16H28N2OS. The van der Waals surface area contributed by atoms with Crippen molar-refractivity contribution >= 4 is 11.3 Å². The van der Waals surface area contributed by atoms with Gasteiger partial charge in [-0.2, -0.15) is 0 Å². The topological polar surface area (TPSA) is 38.5 Å². The minimum Gasteiger partial charge on any atom is -0.384 e. The minimum atomic E-state index is 0.228. The van der Waals surface area contributed by atoms with Crippen LogP contribution < -0.4 is 5.73 Å². The van der Waals surface area contributed by atoms with Gasteiger partial charge in [-0.3, -0.25) is 4.90 Å². The fourth-order valence-corrected chi connectivity index (χ4v) is 4.11. The quantitative estimate of drug-likeness (QED) is 0.908. The fraction of sp³-hybridized carbons (Fsp3) is 0.750. The Morgan fingerprint density at radius 1 is 1.45 bits per heavy atom. The summed E-state index contributed by atoms with van der Waals surface area (Å²) >= 11 is 1.92. The molecule has 1 aromatic rings. The number of ether oxygens (including phenoxy) is 1. The SMILES string of the molecule is COCC1CCN(C(CN)c2ccc(C(C)(C)C)s2)C1. The van der Waals surface area contributed by atoms with Crippen LogP contribution in [0.15, 0.2) is 12.1 Å². The zero-order valence-corrected chi connectivity index (χ0v) is 14.0. The zero-order valence-electron chi connectivity index (χ0n) is 13.2. The first kappa shape index (κ1) is 16.0. The van der Waals surface area contributed by atoms with E-state index in [4.69, 9.17) is 10.5 Å². The highest BCUT2D eigenvalue weighted by Gasteiger charge is 2.29. The van der Waals surface area contributed by atoms with Crippen LogP contribution in [0, 0.1) is 5.92 Å². The molecule has 2 N–H and O–H groups in total. The molecule has 1 fully saturated rings. The van der Waals surface area contributed by atoms with Gasteiger partial charge in [-0.25, -0.2) is 0 Å². The largest absolute Gasteiger partial charge is 0.384 e. The monoisotopic (exact) mass is 296 g/mol. The van der Waals surface area contributed by atoms with Gasteiger partial charge in [0, 0.05) is 30.0 Å². The summed E-state index contributed by atoms with van der Waals surface area (Å²) in [5.74, 6) is 0.663. The lowest BCUT2D eigenvalue weighted by Crippen LogP contribution is -2.31. The summed E-state index contributed by atoms with van der Waals surface area (Å²) in [6.45, 7) is 10.6. The van der Waals surface area contributed by atoms with Crippen molar-refractivity contribution in [2.75, 3.05) is 33.4 Å². The Hall–Kier alpha value is -0.420. The van der Waals surface area contributed by atoms with Crippen LogP contribution in [0.4, 0.5) is 0 Å². The molecule has 0 aromatic carbocycles. The number of hydrogen-bond acceptors (Lipinski definition) is 4. The molecule has 4 heteroatoms. The molecule has 1 aliphatic heterocycles. The van der Waals surface area contributed by atoms with E-state index in [1.54, 1.807) is 7.11 Å². The third-order valence-corrected chi connectivity index (χ3v) is 5.69. The summed E-state index contributed by atoms with van der Waals surface area (Å²) in [7, 11) is 1.79. The Balaban J connectivity index is 2.07. The molecule has 114 valence electrons. The molecule has 2 unspecified atom stereocenters. The minimum absolute atomic E-state index is 0.228. The second kappa shape index (κ2) is 6.56. The Bertz CT molecular complexity index is 424. The van der Waals surface area contributed by atoms with Gasteiger partial charge in [0.25, 0.3) is 0 Å². The Kier molecular flexibility index (Phi) is 5.24. The van der Waals surface area contributed by atoms with Crippen molar-refractivity contribution in [3.63, 3.8) is 0 Å². The van der Waals surface area contributed by atoms with E-state index < -0.39 is 0 Å². The lowest BCUT2D eigenvalue weighted by Gasteiger charge is -2.26. The summed E-state index contributed by atoms with van der Waals surface area (Å²) in [4.78, 5) is 5.39. The molecule has 3 nitrogen and oxygen atoms in total. The van der Waals surface area contributed by atoms with Crippen molar-refractivity contribution in [1.82, 2.24) is 4.90 Å². The molecule has 1 aliphatic rings. The van der Waals surface area contributed by atoms with E-state index in [1.165, 1.54) is 16.2 Å². The van der Waals surface area contributed by atoms with Gasteiger partial charge in [0.1, 0.15) is 0 Å². The molecule has 2 rings (SSSR count). The van der Waals surface area contributed by atoms with Crippen LogP contribution in [0.2, 0.25) is 0 Å². The van der Waals surface area contributed by atoms with Crippen molar-refractivity contribution in [3.8, 4) is 0 Å². The first-order valence-corrected chi connectivity index (χ1v) is 8.30. The summed E-state index contributed by atoms with van der Waals surface area (Å²) in [5, 5.41) is 0. The Morgan fingerprint density at radius 3 is 2.75 bits per heavy atom. The molecule has 2 atom stereocenters. The molecule has 0 saturated carbocycles. The third kappa shape index (κ3) is 3.61. The standard InChI is InChI=1S/C16H28N2OS/c1-16(2,3)15-6-5-14(20-15)13(9-17)18-8-7-12(10-18)11-19-4/h5-6,12-13H,7-11,17H2,1-4H3. The van der Waals surface area contributed by atoms with Crippen molar-refractivity contribution in [1.29, 1.82) is 0 Å². The second-order valence-corrected chi connectivity index (χ2v) is 7.92. The lowest BCUT2D eigenvalue weighted by molar-refractivity contribution is 0.148. The van der Waals surface area contributed by atoms with E-state index in [1.807, 2.05) is 11.3 Å². The maximum absolute atomic E-state index is 6.06. The van der Waals surface area contributed by atoms with E-state index >= 15 is 0 Å². The predicted molar refractivity (Wildman–Crippen MR) is 86.4 cm³/mol. The van der Waals surface area contributed by atoms with Crippen molar-refractivity contribution < 1.29 is 4.74 Å². The van der Waals surface area contributed by atoms with Crippen LogP contribution in [0.25, 0.3) is 0 Å². The molecule has 2 heterocycles. The molecule has 0 bridgehead atoms. The van der Waals surface area contributed by atoms with Gasteiger partial charge in [-0.15, -0.1) is 11.3 Å². The van der Waals surface area contributed by atoms with E-state index in [9.17, 15) is 0 Å². The number of nitrogens with zero attached hydrogens (tertiary/aromatic N) is 1. The van der Waals surface area contributed by atoms with E-state index in [0.717, 1.165) is 19.7 Å². The van der Waals surface area contributed by atoms with E-state index in [0.29, 0.717) is 18.5 Å². The van der Waals surface area contributed by atoms with Crippen LogP contribution in [0.3, 0.4) is 0 Å². The molecular weight excluding hydrogens is 268 g/mol. The lowest BCUT2D eigenvalue weighted by atomic mass is 9.95. The summed E-state index contributed by atoms with van der Waals surface area (Å²) in [6, 6.07) is 4.91. The normalized spacial score (nSPS) is 22.4. The Morgan fingerprint density at radius 2 is 2.20 bits per heavy atom. The van der Waals surface area contributed by atoms with Crippen LogP contribution in [0.1, 0.15) is 43.0 Å². The van der Waals surface area contributed by atoms with E-state index in [2.05, 4.69) is 37.8 Å². The number of methoxy groups -OCH3 is 1. The van der Waals surface area contributed by atoms with Crippen molar-refractivity contribution in [2.45, 2.75) is 38.6 Å². The van der Waals surface area contributed by atoms with Crippen molar-refractivity contribution in [3.05, 3.63) is 21.9 Å². The maximum Gasteiger partial charge on any atom is 0.0564 e. The fourth-order valence-electron chi connectivity index (χ4n) is 2.90. The predicted octanol–water partition coefficient (Wildman–Crippen LogP) is 3.01. The first-order valence-electron chi connectivity index (χ1n) is 7.49. The van der Waals surface area contributed by atoms with Gasteiger partial charge >= 0.3 is 0 Å². The molecule has 0 aliphatic carbocycles. The first-order chi connectivity index (χ1) is 9.45. The number of nitrogens with two attached hydrogens (primary N) is 1. The second-order valence-electron chi connectivity index (χ2n) is 6.81. The van der Waals surface area contributed by atoms with Gasteiger partial charge in [-0.05, 0) is 36.4 Å². The van der Waals surface area contributed by atoms with Crippen LogP contribution in [-0.4, -0.2) is 38.3 Å². The smallest absolute Gasteiger partial charge is 0.0564 e. The zero-order chi connectivity index (χ0) is 14.8. The van der Waals surface area contributed by atoms with Gasteiger partial charge in [0.15, 0.2) is 0 Å². The summed E-state index contributed by atoms with van der Waals surface area (Å²) in [5.41, 5.74) is 6.28. The average Bonchev–Trinajstić information content (AvgIpc) is 3.00. The maximum atomic E-state index is 6.06. The molecule has 1 saturated heterocycles. The van der Waals surface area contributed by atoms with Crippen LogP contribution in [-0.2, 0) is 10.2 Å². The highest BCUT2D eigenvalue weighted by molar-refractivity contribution is 7.12. The highest BCUT2D eigenvalue weighted by atomic mass is 32.1. The number of hydrogen-bond donors (Lipinski definition) is 1. The molecule has 0 spiro atoms. The molecule has 1 aromatic heterocycles. The third-order valence-electron chi connectivity index (χ3n) is 4.08. The highest BCUT2D eigenvalue weighted by Crippen LogP contribution is 2.35. The van der Waals surface area contributed by atoms with Gasteiger partial charge in [0.05, 0.1) is 12.6 Å². The molecule has 20 heavy (non-hydrogen) atoms. The summed E-state index contributed by atoms with van der Waals surface area (Å²) < 4.78 is 5.29. The van der Waals surface area contributed by atoms with E-state index in [-0.39, 0.29) is 5.41 Å². The van der Waals surface area contributed by atoms with Crippen LogP contribution in [0.5, 0.6) is 0 Å². The van der Waals surface area contributed by atoms with Gasteiger partial charge in [0.2, 0.25) is 0 Å². The van der Waals surface area contributed by atoms with Gasteiger partial charge in [-0.1, -0.05) is 20.8 Å². The number of rotatable bonds is 5. The number of likely N-dealkylation sites (tertiary alicyclic amines) is 1. The summed E-state index contributed by atoms with van der Waals surface area (Å²) in [6.07, 6.45) is 1.22. The van der Waals surface area contributed by atoms with Gasteiger partial charge < -0.3 is 10.5 Å². The average molecular weight is 296 g/mol. The number of thiophene rings is 1. The van der Waals surface area contributed by atoms with Crippen molar-refractivity contribution in [2.24, 2.45) is 11.7 Å².